The first-order valence-corrected chi connectivity index (χ1v) is 20.5. The van der Waals surface area contributed by atoms with Crippen LogP contribution in [0.2, 0.25) is 0 Å². The van der Waals surface area contributed by atoms with Gasteiger partial charge in [-0.25, -0.2) is 0 Å². The largest absolute Gasteiger partial charge is 0.158 e. The van der Waals surface area contributed by atoms with Gasteiger partial charge in [0, 0.05) is 0 Å². The highest BCUT2D eigenvalue weighted by molar-refractivity contribution is 9.11. The third-order valence-corrected chi connectivity index (χ3v) is 13.4. The van der Waals surface area contributed by atoms with Gasteiger partial charge in [-0.3, -0.25) is 0 Å². The Kier molecular flexibility index (Phi) is 17.3. The first-order valence-electron chi connectivity index (χ1n) is 16.5. The highest BCUT2D eigenvalue weighted by Gasteiger charge is 2.24. The number of nitrogens with zero attached hydrogens (tertiary/aromatic N) is 2. The monoisotopic (exact) mass is 742 g/mol. The van der Waals surface area contributed by atoms with Gasteiger partial charge >= 0.3 is 0 Å². The van der Waals surface area contributed by atoms with Gasteiger partial charge in [-0.1, -0.05) is 116 Å². The smallest absolute Gasteiger partial charge is 0.137 e. The molecule has 0 radical (unpaired) electrons. The highest BCUT2D eigenvalue weighted by Crippen LogP contribution is 2.47. The summed E-state index contributed by atoms with van der Waals surface area (Å²) in [6.45, 7) is 9.18. The number of halogens is 2. The highest BCUT2D eigenvalue weighted by atomic mass is 79.9. The van der Waals surface area contributed by atoms with Crippen molar-refractivity contribution in [3.05, 3.63) is 29.8 Å². The van der Waals surface area contributed by atoms with Crippen LogP contribution >= 0.6 is 65.9 Å². The zero-order valence-corrected chi connectivity index (χ0v) is 31.6. The lowest BCUT2D eigenvalue weighted by molar-refractivity contribution is 0.652. The fraction of sp³-hybridized carbons (Fsp3) is 0.706. The lowest BCUT2D eigenvalue weighted by Crippen LogP contribution is -1.95. The molecule has 0 N–H and O–H groups in total. The predicted molar refractivity (Wildman–Crippen MR) is 193 cm³/mol. The Morgan fingerprint density at radius 1 is 0.415 bits per heavy atom. The van der Waals surface area contributed by atoms with E-state index >= 15 is 0 Å². The van der Waals surface area contributed by atoms with E-state index in [0.717, 1.165) is 22.9 Å². The van der Waals surface area contributed by atoms with Crippen molar-refractivity contribution < 1.29 is 0 Å². The molecule has 2 nitrogen and oxygen atoms in total. The molecule has 0 unspecified atom stereocenters. The molecule has 3 aromatic rings. The third kappa shape index (κ3) is 10.8. The summed E-state index contributed by atoms with van der Waals surface area (Å²) in [5, 5.41) is 11.9. The van der Waals surface area contributed by atoms with Crippen molar-refractivity contribution in [2.75, 3.05) is 0 Å². The molecule has 3 rings (SSSR count). The minimum absolute atomic E-state index is 1.11. The zero-order chi connectivity index (χ0) is 29.5. The molecule has 0 spiro atoms. The van der Waals surface area contributed by atoms with E-state index in [4.69, 9.17) is 10.2 Å². The van der Waals surface area contributed by atoms with Crippen LogP contribution in [-0.4, -0.2) is 10.2 Å². The third-order valence-electron chi connectivity index (χ3n) is 8.07. The molecule has 0 aliphatic rings. The van der Waals surface area contributed by atoms with Gasteiger partial charge in [-0.05, 0) is 105 Å². The van der Waals surface area contributed by atoms with Gasteiger partial charge in [0.25, 0.3) is 0 Å². The van der Waals surface area contributed by atoms with Gasteiger partial charge < -0.3 is 0 Å². The second kappa shape index (κ2) is 20.0. The van der Waals surface area contributed by atoms with Crippen LogP contribution in [0, 0.1) is 0 Å². The van der Waals surface area contributed by atoms with E-state index in [1.165, 1.54) is 133 Å². The fourth-order valence-corrected chi connectivity index (χ4v) is 10.8. The number of rotatable bonds is 22. The Hall–Kier alpha value is -0.0800. The Morgan fingerprint density at radius 3 is 1.05 bits per heavy atom. The van der Waals surface area contributed by atoms with Crippen molar-refractivity contribution in [3.63, 3.8) is 0 Å². The zero-order valence-electron chi connectivity index (χ0n) is 26.0. The topological polar surface area (TPSA) is 25.8 Å². The normalized spacial score (nSPS) is 11.7. The molecule has 0 aromatic carbocycles. The van der Waals surface area contributed by atoms with Crippen LogP contribution in [-0.2, 0) is 25.7 Å². The molecule has 7 heteroatoms. The minimum atomic E-state index is 1.11. The summed E-state index contributed by atoms with van der Waals surface area (Å²) in [7, 11) is 0. The number of hydrogen-bond donors (Lipinski definition) is 0. The number of hydrogen-bond acceptors (Lipinski definition) is 5. The summed E-state index contributed by atoms with van der Waals surface area (Å²) in [6.07, 6.45) is 25.4. The summed E-state index contributed by atoms with van der Waals surface area (Å²) < 4.78 is 2.63. The van der Waals surface area contributed by atoms with Gasteiger partial charge in [-0.2, -0.15) is 0 Å². The molecule has 0 bridgehead atoms. The van der Waals surface area contributed by atoms with E-state index in [-0.39, 0.29) is 0 Å². The van der Waals surface area contributed by atoms with E-state index in [1.807, 2.05) is 34.0 Å². The first kappa shape index (κ1) is 35.4. The number of aromatic nitrogens is 2. The lowest BCUT2D eigenvalue weighted by atomic mass is 9.99. The van der Waals surface area contributed by atoms with E-state index in [2.05, 4.69) is 59.6 Å². The molecule has 3 aromatic heterocycles. The quantitative estimate of drug-likeness (QED) is 0.0958. The van der Waals surface area contributed by atoms with Gasteiger partial charge in [0.1, 0.15) is 0 Å². The van der Waals surface area contributed by atoms with Crippen LogP contribution in [0.25, 0.3) is 19.8 Å². The van der Waals surface area contributed by atoms with E-state index in [9.17, 15) is 0 Å². The van der Waals surface area contributed by atoms with Gasteiger partial charge in [-0.15, -0.1) is 32.9 Å². The molecular formula is C34H52Br2N2S3. The van der Waals surface area contributed by atoms with Crippen LogP contribution in [0.1, 0.15) is 153 Å². The van der Waals surface area contributed by atoms with Crippen molar-refractivity contribution in [1.29, 1.82) is 0 Å². The molecule has 0 saturated heterocycles. The molecule has 3 heterocycles. The second-order valence-electron chi connectivity index (χ2n) is 11.5. The number of unbranched alkanes of at least 4 members (excludes halogenated alkanes) is 12. The van der Waals surface area contributed by atoms with Crippen molar-refractivity contribution in [3.8, 4) is 19.8 Å². The molecule has 0 saturated carbocycles. The molecule has 0 fully saturated rings. The van der Waals surface area contributed by atoms with E-state index in [0.29, 0.717) is 0 Å². The van der Waals surface area contributed by atoms with E-state index < -0.39 is 0 Å². The summed E-state index contributed by atoms with van der Waals surface area (Å²) in [5.41, 5.74) is 6.17. The Morgan fingerprint density at radius 2 is 0.732 bits per heavy atom. The average molecular weight is 745 g/mol. The summed E-state index contributed by atoms with van der Waals surface area (Å²) in [4.78, 5) is 2.73. The van der Waals surface area contributed by atoms with Gasteiger partial charge in [0.15, 0.2) is 10.0 Å². The molecule has 0 atom stereocenters. The standard InChI is InChI=1S/C34H52Br2N2S3/c1-5-9-13-17-21-25-27(23-19-15-11-7-3)31(35)39-29(25)33-37-38-34(41-33)30-26(22-18-14-10-6-2)28(32(36)40-30)24-20-16-12-8-4/h5-24H2,1-4H3. The first-order chi connectivity index (χ1) is 20.0. The van der Waals surface area contributed by atoms with Crippen LogP contribution in [0.3, 0.4) is 0 Å². The van der Waals surface area contributed by atoms with Gasteiger partial charge in [0.05, 0.1) is 17.3 Å². The fourth-order valence-electron chi connectivity index (χ4n) is 5.63. The maximum Gasteiger partial charge on any atom is 0.158 e. The summed E-state index contributed by atoms with van der Waals surface area (Å²) >= 11 is 13.6. The Labute approximate surface area is 279 Å². The maximum atomic E-state index is 4.86. The molecule has 0 aliphatic carbocycles. The van der Waals surface area contributed by atoms with Crippen molar-refractivity contribution in [2.45, 2.75) is 156 Å². The van der Waals surface area contributed by atoms with Crippen LogP contribution < -0.4 is 0 Å². The summed E-state index contributed by atoms with van der Waals surface area (Å²) in [5.74, 6) is 0. The minimum Gasteiger partial charge on any atom is -0.137 e. The van der Waals surface area contributed by atoms with Crippen LogP contribution in [0.4, 0.5) is 0 Å². The second-order valence-corrected chi connectivity index (χ2v) is 17.1. The molecule has 0 amide bonds. The average Bonchev–Trinajstić information content (AvgIpc) is 3.66. The van der Waals surface area contributed by atoms with E-state index in [1.54, 1.807) is 22.3 Å². The SMILES string of the molecule is CCCCCCc1c(Br)sc(-c2nnc(-c3sc(Br)c(CCCCCC)c3CCCCCC)s2)c1CCCCCC. The Bertz CT molecular complexity index is 1060. The summed E-state index contributed by atoms with van der Waals surface area (Å²) in [6, 6.07) is 0. The molecule has 41 heavy (non-hydrogen) atoms. The predicted octanol–water partition coefficient (Wildman–Crippen LogP) is 14.0. The van der Waals surface area contributed by atoms with Crippen molar-refractivity contribution >= 4 is 65.9 Å². The molecule has 0 aliphatic heterocycles. The maximum absolute atomic E-state index is 4.86. The van der Waals surface area contributed by atoms with Crippen molar-refractivity contribution in [1.82, 2.24) is 10.2 Å². The van der Waals surface area contributed by atoms with Crippen LogP contribution in [0.15, 0.2) is 7.57 Å². The molecular weight excluding hydrogens is 692 g/mol. The van der Waals surface area contributed by atoms with Gasteiger partial charge in [0.2, 0.25) is 0 Å². The lowest BCUT2D eigenvalue weighted by Gasteiger charge is -2.08. The molecule has 230 valence electrons. The van der Waals surface area contributed by atoms with Crippen molar-refractivity contribution in [2.24, 2.45) is 0 Å². The Balaban J connectivity index is 1.91. The number of thiophene rings is 2. The van der Waals surface area contributed by atoms with Crippen LogP contribution in [0.5, 0.6) is 0 Å².